The summed E-state index contributed by atoms with van der Waals surface area (Å²) in [5.74, 6) is 0. The molecule has 2 aromatic rings. The van der Waals surface area contributed by atoms with Gasteiger partial charge in [0.05, 0.1) is 12.3 Å². The van der Waals surface area contributed by atoms with Crippen LogP contribution in [0.5, 0.6) is 0 Å². The first-order valence-electron chi connectivity index (χ1n) is 6.83. The maximum absolute atomic E-state index is 7.47. The van der Waals surface area contributed by atoms with Crippen LogP contribution < -0.4 is 0 Å². The molecule has 0 heterocycles. The van der Waals surface area contributed by atoms with Gasteiger partial charge in [0.15, 0.2) is 5.70 Å². The third-order valence-corrected chi connectivity index (χ3v) is 3.00. The number of aliphatic imine (C=N–C) groups is 1. The molecule has 0 aliphatic carbocycles. The number of hydrogen-bond donors (Lipinski definition) is 0. The normalized spacial score (nSPS) is 11.4. The van der Waals surface area contributed by atoms with Gasteiger partial charge in [0, 0.05) is 5.71 Å². The van der Waals surface area contributed by atoms with Gasteiger partial charge in [-0.15, -0.1) is 12.7 Å². The average molecular weight is 358 g/mol. The van der Waals surface area contributed by atoms with Crippen molar-refractivity contribution in [3.8, 4) is 0 Å². The predicted molar refractivity (Wildman–Crippen MR) is 94.3 cm³/mol. The van der Waals surface area contributed by atoms with E-state index in [1.807, 2.05) is 67.6 Å². The molecule has 0 amide bonds. The fourth-order valence-corrected chi connectivity index (χ4v) is 2.02. The number of benzene rings is 2. The number of nitrogens with zero attached hydrogens (tertiary/aromatic N) is 3. The van der Waals surface area contributed by atoms with Crippen LogP contribution in [-0.4, -0.2) is 12.8 Å². The Morgan fingerprint density at radius 3 is 2.04 bits per heavy atom. The fourth-order valence-electron chi connectivity index (χ4n) is 2.02. The third-order valence-electron chi connectivity index (χ3n) is 3.00. The molecule has 0 saturated carbocycles. The van der Waals surface area contributed by atoms with E-state index in [0.717, 1.165) is 11.3 Å². The summed E-state index contributed by atoms with van der Waals surface area (Å²) >= 11 is 1.47. The minimum atomic E-state index is 0.479. The van der Waals surface area contributed by atoms with Crippen LogP contribution >= 0.6 is 9.30 Å². The van der Waals surface area contributed by atoms with Crippen molar-refractivity contribution in [2.75, 3.05) is 7.05 Å². The molecule has 0 fully saturated rings. The Labute approximate surface area is 153 Å². The molecule has 0 aliphatic heterocycles. The Kier molecular flexibility index (Phi) is 9.01. The van der Waals surface area contributed by atoms with Crippen molar-refractivity contribution in [1.29, 1.82) is 0 Å². The summed E-state index contributed by atoms with van der Waals surface area (Å²) < 4.78 is 0. The Morgan fingerprint density at radius 1 is 1.04 bits per heavy atom. The van der Waals surface area contributed by atoms with E-state index in [1.165, 1.54) is 19.4 Å². The molecule has 0 saturated heterocycles. The number of allylic oxidation sites excluding steroid dienone is 1. The van der Waals surface area contributed by atoms with Gasteiger partial charge in [-0.2, -0.15) is 0 Å². The van der Waals surface area contributed by atoms with Crippen molar-refractivity contribution < 1.29 is 19.4 Å². The summed E-state index contributed by atoms with van der Waals surface area (Å²) in [6, 6.07) is 19.3. The second kappa shape index (κ2) is 10.8. The van der Waals surface area contributed by atoms with Gasteiger partial charge < -0.3 is 5.32 Å². The van der Waals surface area contributed by atoms with E-state index in [0.29, 0.717) is 17.1 Å². The molecular weight excluding hydrogens is 342 g/mol. The van der Waals surface area contributed by atoms with Crippen molar-refractivity contribution in [2.45, 2.75) is 6.92 Å². The zero-order chi connectivity index (χ0) is 17.1. The van der Waals surface area contributed by atoms with E-state index >= 15 is 0 Å². The van der Waals surface area contributed by atoms with E-state index in [9.17, 15) is 0 Å². The molecule has 0 bridgehead atoms. The molecule has 0 N–H and O–H groups in total. The molecule has 0 spiro atoms. The Bertz CT molecular complexity index is 704. The minimum absolute atomic E-state index is 0.479. The van der Waals surface area contributed by atoms with Gasteiger partial charge in [0.1, 0.15) is 0 Å². The van der Waals surface area contributed by atoms with E-state index < -0.39 is 0 Å². The van der Waals surface area contributed by atoms with Crippen molar-refractivity contribution in [1.82, 2.24) is 0 Å². The molecule has 0 atom stereocenters. The molecule has 114 valence electrons. The Hall–Kier alpha value is -1.86. The number of halogens is 1. The molecule has 0 aliphatic rings. The van der Waals surface area contributed by atoms with E-state index in [2.05, 4.69) is 24.5 Å². The van der Waals surface area contributed by atoms with E-state index in [-0.39, 0.29) is 0 Å². The van der Waals surface area contributed by atoms with Crippen LogP contribution in [-0.2, 0) is 19.4 Å². The summed E-state index contributed by atoms with van der Waals surface area (Å²) in [6.07, 6.45) is 0. The van der Waals surface area contributed by atoms with Crippen molar-refractivity contribution in [2.24, 2.45) is 4.99 Å². The van der Waals surface area contributed by atoms with E-state index in [1.54, 1.807) is 7.05 Å². The van der Waals surface area contributed by atoms with Crippen LogP contribution in [0.4, 0.5) is 5.69 Å². The first kappa shape index (κ1) is 19.2. The van der Waals surface area contributed by atoms with Gasteiger partial charge >= 0.3 is 28.7 Å². The van der Waals surface area contributed by atoms with Crippen LogP contribution in [0.2, 0.25) is 0 Å². The van der Waals surface area contributed by atoms with Crippen LogP contribution in [0.3, 0.4) is 0 Å². The van der Waals surface area contributed by atoms with Crippen LogP contribution in [0, 0.1) is 6.57 Å². The summed E-state index contributed by atoms with van der Waals surface area (Å²) in [7, 11) is 6.34. The monoisotopic (exact) mass is 357 g/mol. The van der Waals surface area contributed by atoms with Gasteiger partial charge in [0.2, 0.25) is 0 Å². The number of para-hydroxylation sites is 1. The van der Waals surface area contributed by atoms with Gasteiger partial charge in [-0.25, -0.2) is 4.85 Å². The quantitative estimate of drug-likeness (QED) is 0.378. The average Bonchev–Trinajstić information content (AvgIpc) is 2.62. The molecule has 3 nitrogen and oxygen atoms in total. The third kappa shape index (κ3) is 5.69. The Balaban J connectivity index is 0.00000127. The standard InChI is InChI=1S/C18H16N3.ClH.Ti/c1-14(21-16-12-8-5-9-13-16)17(19-2)18(20-3)15-10-6-4-7-11-15;;/h4-13H,1,3H3;1H;/q-1;;+2/p-1. The number of hydrogen-bond acceptors (Lipinski definition) is 1. The van der Waals surface area contributed by atoms with Gasteiger partial charge in [-0.05, 0) is 19.1 Å². The fraction of sp³-hybridized carbons (Fsp3) is 0.111. The maximum atomic E-state index is 7.47. The van der Waals surface area contributed by atoms with E-state index in [4.69, 9.17) is 6.57 Å². The molecule has 2 aromatic carbocycles. The summed E-state index contributed by atoms with van der Waals surface area (Å²) in [5.41, 5.74) is 3.57. The van der Waals surface area contributed by atoms with Crippen molar-refractivity contribution in [3.05, 3.63) is 88.7 Å². The van der Waals surface area contributed by atoms with Crippen LogP contribution in [0.15, 0.2) is 71.4 Å². The molecular formula is C18H16ClN3Ti. The van der Waals surface area contributed by atoms with Crippen LogP contribution in [0.1, 0.15) is 12.5 Å². The molecule has 23 heavy (non-hydrogen) atoms. The summed E-state index contributed by atoms with van der Waals surface area (Å²) in [6.45, 7) is 9.31. The number of rotatable bonds is 4. The molecule has 2 rings (SSSR count). The summed E-state index contributed by atoms with van der Waals surface area (Å²) in [5, 5.41) is 4.28. The first-order chi connectivity index (χ1) is 11.3. The second-order valence-electron chi connectivity index (χ2n) is 4.43. The zero-order valence-corrected chi connectivity index (χ0v) is 15.3. The topological polar surface area (TPSA) is 30.8 Å². The summed E-state index contributed by atoms with van der Waals surface area (Å²) in [4.78, 5) is 8.15. The second-order valence-corrected chi connectivity index (χ2v) is 4.43. The molecule has 0 radical (unpaired) electrons. The predicted octanol–water partition coefficient (Wildman–Crippen LogP) is 5.76. The van der Waals surface area contributed by atoms with Crippen molar-refractivity contribution in [3.63, 3.8) is 0 Å². The molecule has 0 aromatic heterocycles. The van der Waals surface area contributed by atoms with Gasteiger partial charge in [-0.1, -0.05) is 54.1 Å². The van der Waals surface area contributed by atoms with Crippen molar-refractivity contribution >= 4 is 26.4 Å². The SMILES string of the molecule is [C-]#[N+]C(C(C)=Nc1ccccc1)=C([N-]C)c1ccccc1.[Cl][Ti+]. The Morgan fingerprint density at radius 2 is 1.57 bits per heavy atom. The molecule has 5 heteroatoms. The molecule has 0 unspecified atom stereocenters. The van der Waals surface area contributed by atoms with Crippen LogP contribution in [0.25, 0.3) is 15.9 Å². The first-order valence-corrected chi connectivity index (χ1v) is 8.97. The van der Waals surface area contributed by atoms with Gasteiger partial charge in [0.25, 0.3) is 0 Å². The van der Waals surface area contributed by atoms with Gasteiger partial charge in [-0.3, -0.25) is 4.99 Å². The zero-order valence-electron chi connectivity index (χ0n) is 13.0.